The number of amides is 3. The van der Waals surface area contributed by atoms with Crippen LogP contribution in [0.5, 0.6) is 5.75 Å². The minimum Gasteiger partial charge on any atom is -0.465 e. The molecule has 1 heterocycles. The summed E-state index contributed by atoms with van der Waals surface area (Å²) in [5.74, 6) is -0.518. The molecule has 1 aliphatic heterocycles. The number of rotatable bonds is 4. The second kappa shape index (κ2) is 8.80. The number of nitrogens with zero attached hydrogens (tertiary/aromatic N) is 2. The fraction of sp³-hybridized carbons (Fsp3) is 0.263. The molecule has 160 valence electrons. The van der Waals surface area contributed by atoms with Gasteiger partial charge in [-0.3, -0.25) is 0 Å². The molecule has 0 atom stereocenters. The van der Waals surface area contributed by atoms with Gasteiger partial charge >= 0.3 is 18.5 Å². The molecule has 3 amide bonds. The number of benzene rings is 2. The maximum Gasteiger partial charge on any atom is 0.573 e. The summed E-state index contributed by atoms with van der Waals surface area (Å²) in [6.07, 6.45) is -5.82. The Balaban J connectivity index is 1.57. The van der Waals surface area contributed by atoms with E-state index < -0.39 is 24.2 Å². The highest BCUT2D eigenvalue weighted by atomic mass is 19.4. The Morgan fingerprint density at radius 1 is 0.933 bits per heavy atom. The minimum atomic E-state index is -4.87. The first-order valence-corrected chi connectivity index (χ1v) is 8.97. The third kappa shape index (κ3) is 5.69. The van der Waals surface area contributed by atoms with Crippen molar-refractivity contribution in [2.45, 2.75) is 6.36 Å². The van der Waals surface area contributed by atoms with Gasteiger partial charge < -0.3 is 30.3 Å². The van der Waals surface area contributed by atoms with E-state index in [2.05, 4.69) is 15.4 Å². The number of halogens is 3. The molecule has 11 heteroatoms. The molecule has 1 fully saturated rings. The highest BCUT2D eigenvalue weighted by Gasteiger charge is 2.32. The largest absolute Gasteiger partial charge is 0.573 e. The van der Waals surface area contributed by atoms with Crippen molar-refractivity contribution in [3.8, 4) is 5.75 Å². The lowest BCUT2D eigenvalue weighted by Crippen LogP contribution is -2.48. The Bertz CT molecular complexity index is 897. The molecule has 0 aromatic heterocycles. The lowest BCUT2D eigenvalue weighted by molar-refractivity contribution is -0.274. The fourth-order valence-corrected chi connectivity index (χ4v) is 2.98. The van der Waals surface area contributed by atoms with Crippen LogP contribution in [0.4, 0.5) is 39.8 Å². The van der Waals surface area contributed by atoms with Crippen LogP contribution in [-0.4, -0.2) is 54.7 Å². The number of ether oxygens (including phenoxy) is 1. The third-order valence-electron chi connectivity index (χ3n) is 4.40. The van der Waals surface area contributed by atoms with Crippen molar-refractivity contribution in [1.29, 1.82) is 0 Å². The number of alkyl halides is 3. The summed E-state index contributed by atoms with van der Waals surface area (Å²) in [4.78, 5) is 26.5. The zero-order valence-corrected chi connectivity index (χ0v) is 15.6. The number of carbonyl (C=O) groups excluding carboxylic acids is 1. The molecule has 30 heavy (non-hydrogen) atoms. The number of carbonyl (C=O) groups is 2. The van der Waals surface area contributed by atoms with Crippen LogP contribution in [0.2, 0.25) is 0 Å². The molecule has 0 aliphatic carbocycles. The van der Waals surface area contributed by atoms with Gasteiger partial charge in [-0.05, 0) is 36.4 Å². The average molecular weight is 424 g/mol. The van der Waals surface area contributed by atoms with Crippen LogP contribution in [0.3, 0.4) is 0 Å². The van der Waals surface area contributed by atoms with Crippen LogP contribution in [0.15, 0.2) is 48.5 Å². The van der Waals surface area contributed by atoms with Crippen molar-refractivity contribution in [3.63, 3.8) is 0 Å². The van der Waals surface area contributed by atoms with Crippen molar-refractivity contribution >= 4 is 29.2 Å². The highest BCUT2D eigenvalue weighted by molar-refractivity contribution is 6.00. The molecule has 2 aromatic carbocycles. The first kappa shape index (κ1) is 21.1. The van der Waals surface area contributed by atoms with Crippen LogP contribution in [0.25, 0.3) is 0 Å². The summed E-state index contributed by atoms with van der Waals surface area (Å²) in [7, 11) is 0. The molecule has 0 bridgehead atoms. The standard InChI is InChI=1S/C19H19F3N4O4/c20-19(21,22)30-16-4-2-1-3-15(16)24-17(27)23-13-5-7-14(8-6-13)25-9-11-26(12-10-25)18(28)29/h1-8H,9-12H2,(H,28,29)(H2,23,24,27). The van der Waals surface area contributed by atoms with Gasteiger partial charge in [0.1, 0.15) is 0 Å². The van der Waals surface area contributed by atoms with Gasteiger partial charge in [-0.15, -0.1) is 13.2 Å². The van der Waals surface area contributed by atoms with E-state index in [4.69, 9.17) is 5.11 Å². The molecule has 0 radical (unpaired) electrons. The summed E-state index contributed by atoms with van der Waals surface area (Å²) in [5, 5.41) is 13.9. The molecule has 3 N–H and O–H groups in total. The van der Waals surface area contributed by atoms with Gasteiger partial charge in [-0.2, -0.15) is 0 Å². The van der Waals surface area contributed by atoms with E-state index in [-0.39, 0.29) is 5.69 Å². The van der Waals surface area contributed by atoms with Gasteiger partial charge in [0.15, 0.2) is 5.75 Å². The van der Waals surface area contributed by atoms with Gasteiger partial charge in [0.05, 0.1) is 5.69 Å². The summed E-state index contributed by atoms with van der Waals surface area (Å²) in [5.41, 5.74) is 1.19. The molecule has 3 rings (SSSR count). The van der Waals surface area contributed by atoms with E-state index in [1.165, 1.54) is 23.1 Å². The topological polar surface area (TPSA) is 94.1 Å². The SMILES string of the molecule is O=C(Nc1ccc(N2CCN(C(=O)O)CC2)cc1)Nc1ccccc1OC(F)(F)F. The predicted molar refractivity (Wildman–Crippen MR) is 104 cm³/mol. The molecule has 0 saturated carbocycles. The average Bonchev–Trinajstić information content (AvgIpc) is 2.69. The molecule has 8 nitrogen and oxygen atoms in total. The van der Waals surface area contributed by atoms with Crippen molar-refractivity contribution in [2.75, 3.05) is 41.7 Å². The Morgan fingerprint density at radius 3 is 2.17 bits per heavy atom. The number of para-hydroxylation sites is 2. The summed E-state index contributed by atoms with van der Waals surface area (Å²) < 4.78 is 41.3. The monoisotopic (exact) mass is 424 g/mol. The van der Waals surface area contributed by atoms with Crippen LogP contribution >= 0.6 is 0 Å². The Labute approximate surface area is 169 Å². The number of piperazine rings is 1. The van der Waals surface area contributed by atoms with E-state index in [0.29, 0.717) is 31.9 Å². The molecule has 2 aromatic rings. The maximum atomic E-state index is 12.5. The number of hydrogen-bond acceptors (Lipinski definition) is 4. The first-order chi connectivity index (χ1) is 14.2. The van der Waals surface area contributed by atoms with Crippen LogP contribution in [-0.2, 0) is 0 Å². The van der Waals surface area contributed by atoms with Gasteiger partial charge in [0, 0.05) is 37.6 Å². The fourth-order valence-electron chi connectivity index (χ4n) is 2.98. The van der Waals surface area contributed by atoms with E-state index in [9.17, 15) is 22.8 Å². The first-order valence-electron chi connectivity index (χ1n) is 8.97. The molecule has 0 spiro atoms. The minimum absolute atomic E-state index is 0.125. The summed E-state index contributed by atoms with van der Waals surface area (Å²) >= 11 is 0. The Morgan fingerprint density at radius 2 is 1.57 bits per heavy atom. The summed E-state index contributed by atoms with van der Waals surface area (Å²) in [6, 6.07) is 11.3. The zero-order valence-electron chi connectivity index (χ0n) is 15.6. The number of hydrogen-bond donors (Lipinski definition) is 3. The van der Waals surface area contributed by atoms with E-state index in [1.807, 2.05) is 4.90 Å². The summed E-state index contributed by atoms with van der Waals surface area (Å²) in [6.45, 7) is 1.90. The van der Waals surface area contributed by atoms with Crippen molar-refractivity contribution in [1.82, 2.24) is 4.90 Å². The number of carboxylic acid groups (broad SMARTS) is 1. The van der Waals surface area contributed by atoms with E-state index in [0.717, 1.165) is 11.8 Å². The molecular formula is C19H19F3N4O4. The van der Waals surface area contributed by atoms with Gasteiger partial charge in [0.25, 0.3) is 0 Å². The van der Waals surface area contributed by atoms with E-state index >= 15 is 0 Å². The highest BCUT2D eigenvalue weighted by Crippen LogP contribution is 2.30. The number of nitrogens with one attached hydrogen (secondary N) is 2. The van der Waals surface area contributed by atoms with Gasteiger partial charge in [-0.25, -0.2) is 9.59 Å². The second-order valence-electron chi connectivity index (χ2n) is 6.43. The van der Waals surface area contributed by atoms with Gasteiger partial charge in [-0.1, -0.05) is 12.1 Å². The molecule has 0 unspecified atom stereocenters. The van der Waals surface area contributed by atoms with Crippen LogP contribution < -0.4 is 20.3 Å². The Hall–Kier alpha value is -3.63. The molecular weight excluding hydrogens is 405 g/mol. The lowest BCUT2D eigenvalue weighted by Gasteiger charge is -2.34. The quantitative estimate of drug-likeness (QED) is 0.689. The number of urea groups is 1. The lowest BCUT2D eigenvalue weighted by atomic mass is 10.2. The van der Waals surface area contributed by atoms with E-state index in [1.54, 1.807) is 24.3 Å². The zero-order chi connectivity index (χ0) is 21.7. The van der Waals surface area contributed by atoms with Crippen molar-refractivity contribution < 1.29 is 32.6 Å². The number of anilines is 3. The normalized spacial score (nSPS) is 14.2. The van der Waals surface area contributed by atoms with Gasteiger partial charge in [0.2, 0.25) is 0 Å². The van der Waals surface area contributed by atoms with Crippen molar-refractivity contribution in [3.05, 3.63) is 48.5 Å². The van der Waals surface area contributed by atoms with Crippen molar-refractivity contribution in [2.24, 2.45) is 0 Å². The van der Waals surface area contributed by atoms with Crippen LogP contribution in [0.1, 0.15) is 0 Å². The van der Waals surface area contributed by atoms with Crippen LogP contribution in [0, 0.1) is 0 Å². The Kier molecular flexibility index (Phi) is 6.19. The predicted octanol–water partition coefficient (Wildman–Crippen LogP) is 4.03. The molecule has 1 saturated heterocycles. The second-order valence-corrected chi connectivity index (χ2v) is 6.43. The third-order valence-corrected chi connectivity index (χ3v) is 4.40. The molecule has 1 aliphatic rings. The smallest absolute Gasteiger partial charge is 0.465 e. The maximum absolute atomic E-state index is 12.5.